The van der Waals surface area contributed by atoms with Crippen molar-refractivity contribution in [2.24, 2.45) is 0 Å². The molecule has 0 aromatic heterocycles. The second kappa shape index (κ2) is 5.25. The van der Waals surface area contributed by atoms with E-state index in [9.17, 15) is 0 Å². The van der Waals surface area contributed by atoms with E-state index in [2.05, 4.69) is 44.7 Å². The first-order valence-electron chi connectivity index (χ1n) is 4.64. The van der Waals surface area contributed by atoms with E-state index in [1.807, 2.05) is 0 Å². The summed E-state index contributed by atoms with van der Waals surface area (Å²) in [5.41, 5.74) is 0. The summed E-state index contributed by atoms with van der Waals surface area (Å²) in [5, 5.41) is 1.52. The standard InChI is InChI=1S/C9H22N2Si/c1-6-10(4)9(8(3)12)11(5)7-2/h6-7H2,1-5,12H3. The van der Waals surface area contributed by atoms with E-state index in [0.717, 1.165) is 23.3 Å². The second-order valence-electron chi connectivity index (χ2n) is 3.35. The minimum Gasteiger partial charge on any atom is -0.362 e. The van der Waals surface area contributed by atoms with Crippen molar-refractivity contribution < 1.29 is 0 Å². The molecule has 0 atom stereocenters. The summed E-state index contributed by atoms with van der Waals surface area (Å²) in [6, 6.07) is 0. The molecule has 0 unspecified atom stereocenters. The van der Waals surface area contributed by atoms with E-state index >= 15 is 0 Å². The van der Waals surface area contributed by atoms with Crippen molar-refractivity contribution in [2.45, 2.75) is 20.8 Å². The highest BCUT2D eigenvalue weighted by Crippen LogP contribution is 2.09. The molecule has 0 aliphatic carbocycles. The summed E-state index contributed by atoms with van der Waals surface area (Å²) in [7, 11) is 5.46. The van der Waals surface area contributed by atoms with Crippen LogP contribution in [0.2, 0.25) is 0 Å². The van der Waals surface area contributed by atoms with E-state index in [4.69, 9.17) is 0 Å². The molecule has 0 radical (unpaired) electrons. The maximum Gasteiger partial charge on any atom is 0.0972 e. The van der Waals surface area contributed by atoms with Crippen molar-refractivity contribution >= 4 is 10.2 Å². The summed E-state index contributed by atoms with van der Waals surface area (Å²) in [6.07, 6.45) is 0. The van der Waals surface area contributed by atoms with Crippen LogP contribution in [-0.4, -0.2) is 47.2 Å². The molecule has 0 fully saturated rings. The predicted octanol–water partition coefficient (Wildman–Crippen LogP) is 0.444. The maximum atomic E-state index is 2.31. The zero-order valence-corrected chi connectivity index (χ0v) is 11.3. The summed E-state index contributed by atoms with van der Waals surface area (Å²) in [5.74, 6) is 1.41. The number of nitrogens with zero attached hydrogens (tertiary/aromatic N) is 2. The van der Waals surface area contributed by atoms with E-state index in [-0.39, 0.29) is 0 Å². The Hall–Kier alpha value is -0.443. The lowest BCUT2D eigenvalue weighted by Crippen LogP contribution is -2.31. The van der Waals surface area contributed by atoms with Gasteiger partial charge in [-0.3, -0.25) is 0 Å². The molecule has 0 aliphatic rings. The van der Waals surface area contributed by atoms with Crippen LogP contribution in [0.5, 0.6) is 0 Å². The zero-order valence-electron chi connectivity index (χ0n) is 9.31. The van der Waals surface area contributed by atoms with E-state index < -0.39 is 0 Å². The van der Waals surface area contributed by atoms with Crippen LogP contribution < -0.4 is 0 Å². The van der Waals surface area contributed by atoms with Gasteiger partial charge in [-0.1, -0.05) is 5.20 Å². The fourth-order valence-corrected chi connectivity index (χ4v) is 2.12. The highest BCUT2D eigenvalue weighted by molar-refractivity contribution is 6.21. The van der Waals surface area contributed by atoms with Crippen molar-refractivity contribution in [2.75, 3.05) is 27.2 Å². The van der Waals surface area contributed by atoms with Gasteiger partial charge < -0.3 is 9.80 Å². The third-order valence-corrected chi connectivity index (χ3v) is 2.57. The van der Waals surface area contributed by atoms with Gasteiger partial charge in [0, 0.05) is 37.4 Å². The SMILES string of the molecule is CCN(C)C(=C(C)[SiH3])N(C)CC. The van der Waals surface area contributed by atoms with Crippen LogP contribution >= 0.6 is 0 Å². The zero-order chi connectivity index (χ0) is 9.72. The molecule has 0 aromatic rings. The molecule has 0 saturated carbocycles. The lowest BCUT2D eigenvalue weighted by atomic mass is 10.4. The average Bonchev–Trinajstić information content (AvgIpc) is 2.03. The Morgan fingerprint density at radius 3 is 1.58 bits per heavy atom. The second-order valence-corrected chi connectivity index (χ2v) is 4.85. The Kier molecular flexibility index (Phi) is 5.05. The fourth-order valence-electron chi connectivity index (χ4n) is 1.35. The molecule has 0 rings (SSSR count). The number of rotatable bonds is 4. The summed E-state index contributed by atoms with van der Waals surface area (Å²) >= 11 is 0. The normalized spacial score (nSPS) is 9.75. The molecule has 0 aromatic carbocycles. The minimum atomic E-state index is 1.08. The van der Waals surface area contributed by atoms with Gasteiger partial charge in [0.1, 0.15) is 0 Å². The molecule has 2 nitrogen and oxygen atoms in total. The molecule has 3 heteroatoms. The smallest absolute Gasteiger partial charge is 0.0972 e. The van der Waals surface area contributed by atoms with Crippen LogP contribution in [0, 0.1) is 0 Å². The Balaban J connectivity index is 4.57. The van der Waals surface area contributed by atoms with Crippen molar-refractivity contribution in [1.29, 1.82) is 0 Å². The third-order valence-electron chi connectivity index (χ3n) is 2.12. The first kappa shape index (κ1) is 11.6. The highest BCUT2D eigenvalue weighted by Gasteiger charge is 2.07. The molecule has 0 heterocycles. The first-order chi connectivity index (χ1) is 5.54. The van der Waals surface area contributed by atoms with Crippen LogP contribution in [0.4, 0.5) is 0 Å². The van der Waals surface area contributed by atoms with Gasteiger partial charge in [-0.25, -0.2) is 0 Å². The van der Waals surface area contributed by atoms with Gasteiger partial charge in [0.15, 0.2) is 0 Å². The average molecular weight is 186 g/mol. The molecule has 0 spiro atoms. The third kappa shape index (κ3) is 2.89. The summed E-state index contributed by atoms with van der Waals surface area (Å²) < 4.78 is 0. The van der Waals surface area contributed by atoms with Gasteiger partial charge in [-0.05, 0) is 20.8 Å². The van der Waals surface area contributed by atoms with Gasteiger partial charge in [0.2, 0.25) is 0 Å². The van der Waals surface area contributed by atoms with Crippen LogP contribution in [-0.2, 0) is 0 Å². The molecular formula is C9H22N2Si. The Bertz CT molecular complexity index is 150. The van der Waals surface area contributed by atoms with Crippen LogP contribution in [0.25, 0.3) is 0 Å². The molecule has 0 aliphatic heterocycles. The van der Waals surface area contributed by atoms with E-state index in [1.54, 1.807) is 0 Å². The topological polar surface area (TPSA) is 6.48 Å². The van der Waals surface area contributed by atoms with Crippen LogP contribution in [0.3, 0.4) is 0 Å². The molecule has 0 N–H and O–H groups in total. The number of hydrogen-bond acceptors (Lipinski definition) is 2. The van der Waals surface area contributed by atoms with Crippen molar-refractivity contribution in [1.82, 2.24) is 9.80 Å². The maximum absolute atomic E-state index is 2.31. The fraction of sp³-hybridized carbons (Fsp3) is 0.778. The Morgan fingerprint density at radius 2 is 1.42 bits per heavy atom. The molecule has 0 bridgehead atoms. The van der Waals surface area contributed by atoms with Gasteiger partial charge in [-0.15, -0.1) is 0 Å². The lowest BCUT2D eigenvalue weighted by molar-refractivity contribution is 0.283. The van der Waals surface area contributed by atoms with Gasteiger partial charge in [-0.2, -0.15) is 0 Å². The largest absolute Gasteiger partial charge is 0.362 e. The highest BCUT2D eigenvalue weighted by atomic mass is 28.1. The monoisotopic (exact) mass is 186 g/mol. The van der Waals surface area contributed by atoms with Gasteiger partial charge >= 0.3 is 0 Å². The molecular weight excluding hydrogens is 164 g/mol. The van der Waals surface area contributed by atoms with Gasteiger partial charge in [0.25, 0.3) is 0 Å². The molecule has 72 valence electrons. The van der Waals surface area contributed by atoms with Crippen molar-refractivity contribution in [3.8, 4) is 0 Å². The Labute approximate surface area is 79.7 Å². The lowest BCUT2D eigenvalue weighted by Gasteiger charge is -2.30. The van der Waals surface area contributed by atoms with Crippen molar-refractivity contribution in [3.63, 3.8) is 0 Å². The minimum absolute atomic E-state index is 1.08. The van der Waals surface area contributed by atoms with E-state index in [1.165, 1.54) is 11.0 Å². The summed E-state index contributed by atoms with van der Waals surface area (Å²) in [4.78, 5) is 4.62. The quantitative estimate of drug-likeness (QED) is 0.588. The summed E-state index contributed by atoms with van der Waals surface area (Å²) in [6.45, 7) is 8.76. The molecule has 0 saturated heterocycles. The molecule has 12 heavy (non-hydrogen) atoms. The number of hydrogen-bond donors (Lipinski definition) is 0. The first-order valence-corrected chi connectivity index (χ1v) is 5.64. The molecule has 0 amide bonds. The van der Waals surface area contributed by atoms with Crippen LogP contribution in [0.1, 0.15) is 20.8 Å². The Morgan fingerprint density at radius 1 is 1.08 bits per heavy atom. The van der Waals surface area contributed by atoms with Gasteiger partial charge in [0.05, 0.1) is 5.82 Å². The predicted molar refractivity (Wildman–Crippen MR) is 59.2 cm³/mol. The van der Waals surface area contributed by atoms with Crippen LogP contribution in [0.15, 0.2) is 11.0 Å². The van der Waals surface area contributed by atoms with Crippen molar-refractivity contribution in [3.05, 3.63) is 11.0 Å². The van der Waals surface area contributed by atoms with E-state index in [0.29, 0.717) is 0 Å². The number of allylic oxidation sites excluding steroid dienone is 1.